The van der Waals surface area contributed by atoms with Gasteiger partial charge in [0.15, 0.2) is 0 Å². The van der Waals surface area contributed by atoms with Gasteiger partial charge in [0, 0.05) is 31.8 Å². The molecule has 0 atom stereocenters. The first kappa shape index (κ1) is 27.4. The molecule has 2 nitrogen and oxygen atoms in total. The third kappa shape index (κ3) is 26.4. The van der Waals surface area contributed by atoms with Gasteiger partial charge in [0.2, 0.25) is 0 Å². The number of halogens is 1. The molecule has 27 heavy (non-hydrogen) atoms. The van der Waals surface area contributed by atoms with Crippen molar-refractivity contribution >= 4 is 15.9 Å². The molecule has 0 amide bonds. The highest BCUT2D eigenvalue weighted by atomic mass is 79.9. The topological polar surface area (TPSA) is 18.5 Å². The molecule has 0 radical (unpaired) electrons. The Morgan fingerprint density at radius 3 is 1.15 bits per heavy atom. The molecule has 0 aromatic rings. The molecule has 0 aromatic heterocycles. The fourth-order valence-corrected chi connectivity index (χ4v) is 3.60. The Labute approximate surface area is 179 Å². The molecule has 0 bridgehead atoms. The second kappa shape index (κ2) is 26.4. The van der Waals surface area contributed by atoms with E-state index < -0.39 is 0 Å². The first-order valence-electron chi connectivity index (χ1n) is 12.1. The van der Waals surface area contributed by atoms with Gasteiger partial charge in [-0.15, -0.1) is 0 Å². The highest BCUT2D eigenvalue weighted by Gasteiger charge is 1.95. The van der Waals surface area contributed by atoms with Crippen molar-refractivity contribution in [3.63, 3.8) is 0 Å². The molecule has 0 aliphatic carbocycles. The van der Waals surface area contributed by atoms with Crippen molar-refractivity contribution in [1.82, 2.24) is 0 Å². The minimum Gasteiger partial charge on any atom is -0.381 e. The fraction of sp³-hybridized carbons (Fsp3) is 1.00. The predicted octanol–water partition coefficient (Wildman–Crippen LogP) is 8.46. The predicted molar refractivity (Wildman–Crippen MR) is 124 cm³/mol. The second-order valence-corrected chi connectivity index (χ2v) is 8.72. The van der Waals surface area contributed by atoms with E-state index in [1.807, 2.05) is 0 Å². The summed E-state index contributed by atoms with van der Waals surface area (Å²) in [6.45, 7) is 5.78. The molecule has 0 rings (SSSR count). The number of hydrogen-bond donors (Lipinski definition) is 0. The van der Waals surface area contributed by atoms with E-state index in [1.54, 1.807) is 0 Å². The van der Waals surface area contributed by atoms with Gasteiger partial charge in [-0.3, -0.25) is 0 Å². The lowest BCUT2D eigenvalue weighted by molar-refractivity contribution is 0.0816. The van der Waals surface area contributed by atoms with Crippen LogP contribution in [-0.4, -0.2) is 31.8 Å². The first-order chi connectivity index (χ1) is 13.4. The van der Waals surface area contributed by atoms with Crippen LogP contribution in [0.25, 0.3) is 0 Å². The highest BCUT2D eigenvalue weighted by Crippen LogP contribution is 2.13. The van der Waals surface area contributed by atoms with Crippen LogP contribution in [-0.2, 0) is 9.47 Å². The number of unbranched alkanes of at least 4 members (excludes halogenated alkanes) is 15. The first-order valence-corrected chi connectivity index (χ1v) is 13.3. The maximum atomic E-state index is 5.67. The molecule has 0 spiro atoms. The van der Waals surface area contributed by atoms with Crippen molar-refractivity contribution in [3.05, 3.63) is 0 Å². The van der Waals surface area contributed by atoms with Crippen molar-refractivity contribution < 1.29 is 9.47 Å². The van der Waals surface area contributed by atoms with E-state index in [4.69, 9.17) is 9.47 Å². The van der Waals surface area contributed by atoms with Crippen molar-refractivity contribution in [2.45, 2.75) is 122 Å². The van der Waals surface area contributed by atoms with Gasteiger partial charge in [-0.1, -0.05) is 119 Å². The molecular formula is C24H49BrO2. The summed E-state index contributed by atoms with van der Waals surface area (Å²) in [5.41, 5.74) is 0. The van der Waals surface area contributed by atoms with Gasteiger partial charge in [-0.25, -0.2) is 0 Å². The molecule has 0 aromatic carbocycles. The Bertz CT molecular complexity index is 225. The lowest BCUT2D eigenvalue weighted by Crippen LogP contribution is -2.03. The van der Waals surface area contributed by atoms with E-state index in [2.05, 4.69) is 22.9 Å². The zero-order chi connectivity index (χ0) is 19.7. The number of alkyl halides is 1. The van der Waals surface area contributed by atoms with Gasteiger partial charge < -0.3 is 9.47 Å². The van der Waals surface area contributed by atoms with Crippen LogP contribution in [0.4, 0.5) is 0 Å². The number of hydrogen-bond acceptors (Lipinski definition) is 2. The molecule has 0 aliphatic rings. The quantitative estimate of drug-likeness (QED) is 0.109. The Morgan fingerprint density at radius 2 is 0.741 bits per heavy atom. The highest BCUT2D eigenvalue weighted by molar-refractivity contribution is 9.09. The molecule has 0 unspecified atom stereocenters. The summed E-state index contributed by atoms with van der Waals surface area (Å²) in [5, 5.41) is 1.03. The van der Waals surface area contributed by atoms with Gasteiger partial charge in [-0.2, -0.15) is 0 Å². The Hall–Kier alpha value is 0.400. The molecule has 0 fully saturated rings. The lowest BCUT2D eigenvalue weighted by Gasteiger charge is -2.05. The van der Waals surface area contributed by atoms with Crippen LogP contribution < -0.4 is 0 Å². The van der Waals surface area contributed by atoms with Crippen molar-refractivity contribution in [2.24, 2.45) is 0 Å². The molecule has 164 valence electrons. The van der Waals surface area contributed by atoms with Crippen LogP contribution in [0, 0.1) is 0 Å². The van der Waals surface area contributed by atoms with Crippen molar-refractivity contribution in [2.75, 3.05) is 31.8 Å². The molecule has 0 N–H and O–H groups in total. The molecule has 0 saturated carbocycles. The summed E-state index contributed by atoms with van der Waals surface area (Å²) in [6.07, 6.45) is 24.9. The summed E-state index contributed by atoms with van der Waals surface area (Å²) in [7, 11) is 0. The van der Waals surface area contributed by atoms with Crippen LogP contribution in [0.5, 0.6) is 0 Å². The molecule has 0 saturated heterocycles. The molecule has 0 aliphatic heterocycles. The molecular weight excluding hydrogens is 400 g/mol. The maximum Gasteiger partial charge on any atom is 0.0487 e. The monoisotopic (exact) mass is 448 g/mol. The summed E-state index contributed by atoms with van der Waals surface area (Å²) < 4.78 is 11.2. The summed E-state index contributed by atoms with van der Waals surface area (Å²) in [4.78, 5) is 0. The average molecular weight is 450 g/mol. The zero-order valence-corrected chi connectivity index (χ0v) is 20.0. The van der Waals surface area contributed by atoms with Crippen LogP contribution in [0.2, 0.25) is 0 Å². The van der Waals surface area contributed by atoms with Gasteiger partial charge in [0.05, 0.1) is 0 Å². The summed E-state index contributed by atoms with van der Waals surface area (Å²) in [5.74, 6) is 0. The number of ether oxygens (including phenoxy) is 2. The Kier molecular flexibility index (Phi) is 26.8. The van der Waals surface area contributed by atoms with Gasteiger partial charge >= 0.3 is 0 Å². The minimum absolute atomic E-state index is 0.839. The van der Waals surface area contributed by atoms with Gasteiger partial charge in [-0.05, 0) is 19.3 Å². The zero-order valence-electron chi connectivity index (χ0n) is 18.5. The number of rotatable bonds is 24. The largest absolute Gasteiger partial charge is 0.381 e. The Morgan fingerprint density at radius 1 is 0.407 bits per heavy atom. The standard InChI is InChI=1S/C24H49BrO2/c1-2-3-4-5-6-7-8-9-10-11-12-13-14-15-16-17-21-26-23-19-24-27-22-18-20-25/h2-24H2,1H3. The summed E-state index contributed by atoms with van der Waals surface area (Å²) >= 11 is 3.41. The van der Waals surface area contributed by atoms with Crippen LogP contribution in [0.15, 0.2) is 0 Å². The minimum atomic E-state index is 0.839. The van der Waals surface area contributed by atoms with E-state index in [0.717, 1.165) is 44.6 Å². The van der Waals surface area contributed by atoms with Crippen molar-refractivity contribution in [3.8, 4) is 0 Å². The van der Waals surface area contributed by atoms with Gasteiger partial charge in [0.25, 0.3) is 0 Å². The van der Waals surface area contributed by atoms with E-state index in [9.17, 15) is 0 Å². The van der Waals surface area contributed by atoms with E-state index in [0.29, 0.717) is 0 Å². The lowest BCUT2D eigenvalue weighted by atomic mass is 10.0. The second-order valence-electron chi connectivity index (χ2n) is 7.92. The third-order valence-corrected chi connectivity index (χ3v) is 5.70. The fourth-order valence-electron chi connectivity index (χ4n) is 3.38. The molecule has 3 heteroatoms. The van der Waals surface area contributed by atoms with Crippen LogP contribution >= 0.6 is 15.9 Å². The SMILES string of the molecule is CCCCCCCCCCCCCCCCCCOCCCOCCCBr. The third-order valence-electron chi connectivity index (χ3n) is 5.14. The van der Waals surface area contributed by atoms with Crippen LogP contribution in [0.3, 0.4) is 0 Å². The normalized spacial score (nSPS) is 11.3. The Balaban J connectivity index is 2.95. The van der Waals surface area contributed by atoms with E-state index in [1.165, 1.54) is 103 Å². The van der Waals surface area contributed by atoms with Crippen LogP contribution in [0.1, 0.15) is 122 Å². The maximum absolute atomic E-state index is 5.67. The summed E-state index contributed by atoms with van der Waals surface area (Å²) in [6, 6.07) is 0. The van der Waals surface area contributed by atoms with E-state index >= 15 is 0 Å². The van der Waals surface area contributed by atoms with Crippen molar-refractivity contribution in [1.29, 1.82) is 0 Å². The van der Waals surface area contributed by atoms with E-state index in [-0.39, 0.29) is 0 Å². The molecule has 0 heterocycles. The smallest absolute Gasteiger partial charge is 0.0487 e. The average Bonchev–Trinajstić information content (AvgIpc) is 2.68. The van der Waals surface area contributed by atoms with Gasteiger partial charge in [0.1, 0.15) is 0 Å².